The van der Waals surface area contributed by atoms with E-state index in [1.807, 2.05) is 0 Å². The zero-order valence-electron chi connectivity index (χ0n) is 18.9. The number of benzene rings is 2. The van der Waals surface area contributed by atoms with E-state index in [1.54, 1.807) is 11.0 Å². The van der Waals surface area contributed by atoms with Crippen LogP contribution in [0.3, 0.4) is 0 Å². The highest BCUT2D eigenvalue weighted by molar-refractivity contribution is 7.89. The Morgan fingerprint density at radius 2 is 1.68 bits per heavy atom. The first-order chi connectivity index (χ1) is 16.3. The minimum absolute atomic E-state index is 0.00266. The SMILES string of the molecule is COc1ccc(S(=O)(=O)N2CCN(C(=O)[C@H]3CC(=O)N(c4ccccc4F)C3)CC2)cc1OC. The van der Waals surface area contributed by atoms with E-state index in [0.717, 1.165) is 0 Å². The highest BCUT2D eigenvalue weighted by Gasteiger charge is 2.39. The molecular weight excluding hydrogens is 465 g/mol. The molecule has 0 radical (unpaired) electrons. The normalized spacial score (nSPS) is 19.4. The molecule has 0 aromatic heterocycles. The van der Waals surface area contributed by atoms with Crippen LogP contribution >= 0.6 is 0 Å². The second-order valence-corrected chi connectivity index (χ2v) is 10.0. The molecule has 182 valence electrons. The number of anilines is 1. The van der Waals surface area contributed by atoms with Gasteiger partial charge in [-0.3, -0.25) is 9.59 Å². The molecule has 4 rings (SSSR count). The van der Waals surface area contributed by atoms with Gasteiger partial charge in [0.05, 0.1) is 30.7 Å². The summed E-state index contributed by atoms with van der Waals surface area (Å²) < 4.78 is 52.0. The number of nitrogens with zero attached hydrogens (tertiary/aromatic N) is 3. The number of carbonyl (C=O) groups is 2. The maximum absolute atomic E-state index is 14.1. The number of hydrogen-bond acceptors (Lipinski definition) is 6. The van der Waals surface area contributed by atoms with Gasteiger partial charge < -0.3 is 19.3 Å². The third kappa shape index (κ3) is 4.45. The third-order valence-electron chi connectivity index (χ3n) is 6.16. The molecule has 2 saturated heterocycles. The van der Waals surface area contributed by atoms with Gasteiger partial charge >= 0.3 is 0 Å². The minimum atomic E-state index is -3.79. The molecule has 0 bridgehead atoms. The van der Waals surface area contributed by atoms with Crippen LogP contribution in [-0.4, -0.2) is 76.4 Å². The molecule has 1 atom stereocenters. The fourth-order valence-electron chi connectivity index (χ4n) is 4.31. The average Bonchev–Trinajstić information content (AvgIpc) is 3.24. The van der Waals surface area contributed by atoms with Gasteiger partial charge in [-0.2, -0.15) is 4.31 Å². The van der Waals surface area contributed by atoms with Crippen molar-refractivity contribution in [1.29, 1.82) is 0 Å². The Morgan fingerprint density at radius 1 is 1.00 bits per heavy atom. The van der Waals surface area contributed by atoms with Crippen molar-refractivity contribution in [2.75, 3.05) is 51.8 Å². The number of hydrogen-bond donors (Lipinski definition) is 0. The summed E-state index contributed by atoms with van der Waals surface area (Å²) in [5, 5.41) is 0. The molecule has 2 aromatic carbocycles. The molecule has 0 unspecified atom stereocenters. The second-order valence-electron chi connectivity index (χ2n) is 8.10. The van der Waals surface area contributed by atoms with E-state index in [0.29, 0.717) is 11.5 Å². The number of methoxy groups -OCH3 is 2. The Kier molecular flexibility index (Phi) is 6.76. The van der Waals surface area contributed by atoms with Crippen LogP contribution in [0.25, 0.3) is 0 Å². The summed E-state index contributed by atoms with van der Waals surface area (Å²) in [5.41, 5.74) is 0.161. The van der Waals surface area contributed by atoms with Crippen LogP contribution < -0.4 is 14.4 Å². The monoisotopic (exact) mass is 491 g/mol. The third-order valence-corrected chi connectivity index (χ3v) is 8.06. The van der Waals surface area contributed by atoms with Gasteiger partial charge in [-0.15, -0.1) is 0 Å². The second kappa shape index (κ2) is 9.59. The van der Waals surface area contributed by atoms with Crippen LogP contribution in [0.2, 0.25) is 0 Å². The van der Waals surface area contributed by atoms with Crippen LogP contribution in [0.5, 0.6) is 11.5 Å². The van der Waals surface area contributed by atoms with E-state index in [9.17, 15) is 22.4 Å². The Balaban J connectivity index is 1.40. The zero-order chi connectivity index (χ0) is 24.5. The maximum Gasteiger partial charge on any atom is 0.243 e. The van der Waals surface area contributed by atoms with Gasteiger partial charge in [0.1, 0.15) is 5.82 Å². The predicted molar refractivity (Wildman–Crippen MR) is 122 cm³/mol. The number of amides is 2. The molecule has 2 fully saturated rings. The van der Waals surface area contributed by atoms with E-state index in [-0.39, 0.29) is 61.5 Å². The van der Waals surface area contributed by atoms with Crippen molar-refractivity contribution in [1.82, 2.24) is 9.21 Å². The lowest BCUT2D eigenvalue weighted by Gasteiger charge is -2.35. The van der Waals surface area contributed by atoms with Crippen molar-refractivity contribution in [3.63, 3.8) is 0 Å². The number of carbonyl (C=O) groups excluding carboxylic acids is 2. The van der Waals surface area contributed by atoms with Gasteiger partial charge in [-0.1, -0.05) is 12.1 Å². The molecule has 34 heavy (non-hydrogen) atoms. The summed E-state index contributed by atoms with van der Waals surface area (Å²) in [5.74, 6) is -0.914. The van der Waals surface area contributed by atoms with Crippen LogP contribution in [0, 0.1) is 11.7 Å². The van der Waals surface area contributed by atoms with Crippen molar-refractivity contribution in [2.24, 2.45) is 5.92 Å². The summed E-state index contributed by atoms with van der Waals surface area (Å²) >= 11 is 0. The Hall–Kier alpha value is -3.18. The first kappa shape index (κ1) is 24.0. The van der Waals surface area contributed by atoms with Crippen molar-refractivity contribution >= 4 is 27.5 Å². The lowest BCUT2D eigenvalue weighted by atomic mass is 10.1. The first-order valence-corrected chi connectivity index (χ1v) is 12.3. The number of halogens is 1. The molecule has 2 aliphatic heterocycles. The van der Waals surface area contributed by atoms with E-state index < -0.39 is 21.8 Å². The maximum atomic E-state index is 14.1. The highest BCUT2D eigenvalue weighted by atomic mass is 32.2. The molecule has 9 nitrogen and oxygen atoms in total. The van der Waals surface area contributed by atoms with E-state index in [1.165, 1.54) is 59.8 Å². The fraction of sp³-hybridized carbons (Fsp3) is 0.391. The predicted octanol–water partition coefficient (Wildman–Crippen LogP) is 1.73. The van der Waals surface area contributed by atoms with E-state index in [4.69, 9.17) is 9.47 Å². The highest BCUT2D eigenvalue weighted by Crippen LogP contribution is 2.32. The molecule has 2 aromatic rings. The van der Waals surface area contributed by atoms with Gasteiger partial charge in [0.2, 0.25) is 21.8 Å². The van der Waals surface area contributed by atoms with Gasteiger partial charge in [0.15, 0.2) is 11.5 Å². The summed E-state index contributed by atoms with van der Waals surface area (Å²) in [4.78, 5) is 28.4. The van der Waals surface area contributed by atoms with Crippen LogP contribution in [-0.2, 0) is 19.6 Å². The topological polar surface area (TPSA) is 96.5 Å². The smallest absolute Gasteiger partial charge is 0.243 e. The van der Waals surface area contributed by atoms with Gasteiger partial charge in [0, 0.05) is 45.2 Å². The number of ether oxygens (including phenoxy) is 2. The minimum Gasteiger partial charge on any atom is -0.493 e. The van der Waals surface area contributed by atoms with Crippen LogP contribution in [0.4, 0.5) is 10.1 Å². The summed E-state index contributed by atoms with van der Waals surface area (Å²) in [6.07, 6.45) is -0.00266. The van der Waals surface area contributed by atoms with Gasteiger partial charge in [-0.05, 0) is 24.3 Å². The van der Waals surface area contributed by atoms with Crippen molar-refractivity contribution in [3.05, 3.63) is 48.3 Å². The summed E-state index contributed by atoms with van der Waals surface area (Å²) in [6, 6.07) is 10.4. The molecule has 11 heteroatoms. The van der Waals surface area contributed by atoms with Gasteiger partial charge in [0.25, 0.3) is 0 Å². The molecule has 0 aliphatic carbocycles. The Morgan fingerprint density at radius 3 is 2.32 bits per heavy atom. The number of para-hydroxylation sites is 1. The fourth-order valence-corrected chi connectivity index (χ4v) is 5.75. The Bertz CT molecular complexity index is 1200. The van der Waals surface area contributed by atoms with Crippen molar-refractivity contribution < 1.29 is 31.9 Å². The molecule has 2 amide bonds. The first-order valence-electron chi connectivity index (χ1n) is 10.8. The Labute approximate surface area is 197 Å². The average molecular weight is 492 g/mol. The number of sulfonamides is 1. The zero-order valence-corrected chi connectivity index (χ0v) is 19.8. The quantitative estimate of drug-likeness (QED) is 0.611. The van der Waals surface area contributed by atoms with Crippen molar-refractivity contribution in [3.8, 4) is 11.5 Å². The molecule has 0 spiro atoms. The number of rotatable bonds is 6. The molecule has 2 aliphatic rings. The molecule has 0 saturated carbocycles. The van der Waals surface area contributed by atoms with Crippen molar-refractivity contribution in [2.45, 2.75) is 11.3 Å². The molecular formula is C23H26FN3O6S. The lowest BCUT2D eigenvalue weighted by Crippen LogP contribution is -2.52. The molecule has 0 N–H and O–H groups in total. The van der Waals surface area contributed by atoms with E-state index in [2.05, 4.69) is 0 Å². The number of piperazine rings is 1. The largest absolute Gasteiger partial charge is 0.493 e. The molecule has 2 heterocycles. The van der Waals surface area contributed by atoms with Gasteiger partial charge in [-0.25, -0.2) is 12.8 Å². The lowest BCUT2D eigenvalue weighted by molar-refractivity contribution is -0.136. The van der Waals surface area contributed by atoms with E-state index >= 15 is 0 Å². The summed E-state index contributed by atoms with van der Waals surface area (Å²) in [7, 11) is -0.892. The standard InChI is InChI=1S/C23H26FN3O6S/c1-32-20-8-7-17(14-21(20)33-2)34(30,31)26-11-9-25(10-12-26)23(29)16-13-22(28)27(15-16)19-6-4-3-5-18(19)24/h3-8,14,16H,9-13,15H2,1-2H3/t16-/m0/s1. The van der Waals surface area contributed by atoms with Crippen LogP contribution in [0.1, 0.15) is 6.42 Å². The summed E-state index contributed by atoms with van der Waals surface area (Å²) in [6.45, 7) is 0.758. The van der Waals surface area contributed by atoms with Crippen LogP contribution in [0.15, 0.2) is 47.4 Å².